The van der Waals surface area contributed by atoms with Crippen molar-refractivity contribution in [3.63, 3.8) is 0 Å². The summed E-state index contributed by atoms with van der Waals surface area (Å²) in [7, 11) is 3.90. The molecule has 0 spiro atoms. The topological polar surface area (TPSA) is 52.6 Å². The van der Waals surface area contributed by atoms with Gasteiger partial charge in [0.25, 0.3) is 0 Å². The van der Waals surface area contributed by atoms with Crippen molar-refractivity contribution < 1.29 is 9.90 Å². The minimum absolute atomic E-state index is 0.319. The zero-order valence-corrected chi connectivity index (χ0v) is 9.54. The molecule has 1 rings (SSSR count). The van der Waals surface area contributed by atoms with Gasteiger partial charge in [-0.15, -0.1) is 0 Å². The molecule has 1 aromatic carbocycles. The maximum atomic E-state index is 10.6. The minimum atomic E-state index is -0.892. The number of aromatic carboxylic acids is 1. The van der Waals surface area contributed by atoms with Crippen LogP contribution in [0.2, 0.25) is 0 Å². The third-order valence-electron chi connectivity index (χ3n) is 1.72. The van der Waals surface area contributed by atoms with E-state index in [1.165, 1.54) is 12.1 Å². The minimum Gasteiger partial charge on any atom is -0.478 e. The lowest BCUT2D eigenvalue weighted by atomic mass is 10.1. The lowest BCUT2D eigenvalue weighted by molar-refractivity contribution is 0.0697. The Morgan fingerprint density at radius 2 is 2.00 bits per heavy atom. The molecule has 0 radical (unpaired) electrons. The molecule has 1 aromatic rings. The van der Waals surface area contributed by atoms with Crippen molar-refractivity contribution in [1.82, 2.24) is 9.03 Å². The molecule has 15 heavy (non-hydrogen) atoms. The van der Waals surface area contributed by atoms with Gasteiger partial charge in [-0.1, -0.05) is 12.1 Å². The van der Waals surface area contributed by atoms with Gasteiger partial charge in [0.15, 0.2) is 0 Å². The van der Waals surface area contributed by atoms with Crippen LogP contribution in [-0.4, -0.2) is 29.5 Å². The van der Waals surface area contributed by atoms with Crippen LogP contribution in [0, 0.1) is 0 Å². The monoisotopic (exact) mass is 226 g/mol. The average molecular weight is 226 g/mol. The molecule has 0 fully saturated rings. The molecule has 0 saturated carbocycles. The van der Waals surface area contributed by atoms with E-state index in [1.807, 2.05) is 30.5 Å². The van der Waals surface area contributed by atoms with Gasteiger partial charge in [0.2, 0.25) is 0 Å². The van der Waals surface area contributed by atoms with Crippen LogP contribution < -0.4 is 4.72 Å². The summed E-state index contributed by atoms with van der Waals surface area (Å²) < 4.78 is 5.09. The maximum absolute atomic E-state index is 10.6. The third-order valence-corrected chi connectivity index (χ3v) is 2.36. The molecule has 0 aliphatic rings. The van der Waals surface area contributed by atoms with Crippen LogP contribution >= 0.6 is 12.1 Å². The first kappa shape index (κ1) is 12.0. The fourth-order valence-electron chi connectivity index (χ4n) is 1.01. The van der Waals surface area contributed by atoms with Crippen molar-refractivity contribution >= 4 is 18.1 Å². The summed E-state index contributed by atoms with van der Waals surface area (Å²) >= 11 is 1.50. The third kappa shape index (κ3) is 4.33. The normalized spacial score (nSPS) is 10.6. The Hall–Kier alpha value is -1.04. The number of carbonyl (C=O) groups is 1. The van der Waals surface area contributed by atoms with E-state index < -0.39 is 5.97 Å². The van der Waals surface area contributed by atoms with Crippen LogP contribution in [0.1, 0.15) is 15.9 Å². The van der Waals surface area contributed by atoms with Crippen LogP contribution in [0.5, 0.6) is 0 Å². The highest BCUT2D eigenvalue weighted by Gasteiger charge is 2.01. The molecule has 0 unspecified atom stereocenters. The van der Waals surface area contributed by atoms with Crippen molar-refractivity contribution in [1.29, 1.82) is 0 Å². The van der Waals surface area contributed by atoms with Crippen LogP contribution in [0.25, 0.3) is 0 Å². The maximum Gasteiger partial charge on any atom is 0.335 e. The molecule has 0 bridgehead atoms. The van der Waals surface area contributed by atoms with Gasteiger partial charge in [-0.25, -0.2) is 13.8 Å². The lowest BCUT2D eigenvalue weighted by Crippen LogP contribution is -2.12. The van der Waals surface area contributed by atoms with Crippen molar-refractivity contribution in [3.8, 4) is 0 Å². The van der Waals surface area contributed by atoms with E-state index in [9.17, 15) is 4.79 Å². The zero-order valence-electron chi connectivity index (χ0n) is 8.73. The molecule has 0 heterocycles. The SMILES string of the molecule is CN(C)SNCc1ccc(C(=O)O)cc1. The predicted molar refractivity (Wildman–Crippen MR) is 61.5 cm³/mol. The van der Waals surface area contributed by atoms with E-state index in [2.05, 4.69) is 4.72 Å². The quantitative estimate of drug-likeness (QED) is 0.747. The Morgan fingerprint density at radius 1 is 1.40 bits per heavy atom. The summed E-state index contributed by atoms with van der Waals surface area (Å²) in [6.07, 6.45) is 0. The Kier molecular flexibility index (Phi) is 4.61. The molecule has 0 aliphatic heterocycles. The Bertz CT molecular complexity index is 325. The van der Waals surface area contributed by atoms with Gasteiger partial charge in [0.05, 0.1) is 5.56 Å². The van der Waals surface area contributed by atoms with Crippen molar-refractivity contribution in [3.05, 3.63) is 35.4 Å². The summed E-state index contributed by atoms with van der Waals surface area (Å²) in [4.78, 5) is 10.6. The molecule has 0 amide bonds. The van der Waals surface area contributed by atoms with Crippen molar-refractivity contribution in [2.45, 2.75) is 6.54 Å². The second kappa shape index (κ2) is 5.75. The zero-order chi connectivity index (χ0) is 11.3. The van der Waals surface area contributed by atoms with Gasteiger partial charge in [-0.2, -0.15) is 0 Å². The standard InChI is InChI=1S/C10H14N2O2S/c1-12(2)15-11-7-8-3-5-9(6-4-8)10(13)14/h3-6,11H,7H2,1-2H3,(H,13,14). The van der Waals surface area contributed by atoms with Crippen LogP contribution in [0.3, 0.4) is 0 Å². The second-order valence-corrected chi connectivity index (χ2v) is 4.43. The summed E-state index contributed by atoms with van der Waals surface area (Å²) in [5, 5.41) is 8.70. The van der Waals surface area contributed by atoms with Gasteiger partial charge in [-0.05, 0) is 31.8 Å². The van der Waals surface area contributed by atoms with Gasteiger partial charge in [-0.3, -0.25) is 0 Å². The Morgan fingerprint density at radius 3 is 2.47 bits per heavy atom. The number of rotatable bonds is 5. The highest BCUT2D eigenvalue weighted by Crippen LogP contribution is 2.06. The van der Waals surface area contributed by atoms with E-state index in [-0.39, 0.29) is 0 Å². The summed E-state index contributed by atoms with van der Waals surface area (Å²) in [5.74, 6) is -0.892. The average Bonchev–Trinajstić information content (AvgIpc) is 2.18. The van der Waals surface area contributed by atoms with E-state index in [1.54, 1.807) is 12.1 Å². The molecule has 0 saturated heterocycles. The summed E-state index contributed by atoms with van der Waals surface area (Å²) in [6, 6.07) is 6.85. The molecule has 0 atom stereocenters. The van der Waals surface area contributed by atoms with Crippen LogP contribution in [-0.2, 0) is 6.54 Å². The number of nitrogens with zero attached hydrogens (tertiary/aromatic N) is 1. The first-order chi connectivity index (χ1) is 7.09. The molecular formula is C10H14N2O2S. The molecule has 5 heteroatoms. The highest BCUT2D eigenvalue weighted by molar-refractivity contribution is 7.95. The Labute approximate surface area is 93.6 Å². The van der Waals surface area contributed by atoms with E-state index in [0.717, 1.165) is 5.56 Å². The molecule has 0 aromatic heterocycles. The van der Waals surface area contributed by atoms with Gasteiger partial charge < -0.3 is 5.11 Å². The lowest BCUT2D eigenvalue weighted by Gasteiger charge is -2.09. The van der Waals surface area contributed by atoms with Crippen molar-refractivity contribution in [2.24, 2.45) is 0 Å². The first-order valence-corrected chi connectivity index (χ1v) is 5.26. The number of carboxylic acids is 1. The first-order valence-electron chi connectivity index (χ1n) is 4.49. The molecule has 0 aliphatic carbocycles. The fraction of sp³-hybridized carbons (Fsp3) is 0.300. The summed E-state index contributed by atoms with van der Waals surface area (Å²) in [5.41, 5.74) is 1.38. The summed E-state index contributed by atoms with van der Waals surface area (Å²) in [6.45, 7) is 0.711. The largest absolute Gasteiger partial charge is 0.478 e. The van der Waals surface area contributed by atoms with E-state index in [4.69, 9.17) is 5.11 Å². The van der Waals surface area contributed by atoms with E-state index >= 15 is 0 Å². The smallest absolute Gasteiger partial charge is 0.335 e. The van der Waals surface area contributed by atoms with Crippen LogP contribution in [0.4, 0.5) is 0 Å². The molecule has 2 N–H and O–H groups in total. The van der Waals surface area contributed by atoms with Gasteiger partial charge in [0.1, 0.15) is 0 Å². The predicted octanol–water partition coefficient (Wildman–Crippen LogP) is 1.60. The molecular weight excluding hydrogens is 212 g/mol. The number of nitrogens with one attached hydrogen (secondary N) is 1. The van der Waals surface area contributed by atoms with Crippen LogP contribution in [0.15, 0.2) is 24.3 Å². The van der Waals surface area contributed by atoms with Gasteiger partial charge >= 0.3 is 5.97 Å². The molecule has 4 nitrogen and oxygen atoms in total. The number of carboxylic acid groups (broad SMARTS) is 1. The van der Waals surface area contributed by atoms with Crippen molar-refractivity contribution in [2.75, 3.05) is 14.1 Å². The second-order valence-electron chi connectivity index (χ2n) is 3.23. The number of hydrogen-bond donors (Lipinski definition) is 2. The van der Waals surface area contributed by atoms with Gasteiger partial charge in [0, 0.05) is 18.7 Å². The highest BCUT2D eigenvalue weighted by atomic mass is 32.2. The number of benzene rings is 1. The fourth-order valence-corrected chi connectivity index (χ4v) is 1.50. The Balaban J connectivity index is 2.46. The molecule has 82 valence electrons. The number of hydrogen-bond acceptors (Lipinski definition) is 4. The van der Waals surface area contributed by atoms with E-state index in [0.29, 0.717) is 12.1 Å².